The van der Waals surface area contributed by atoms with Crippen LogP contribution in [0.25, 0.3) is 11.8 Å². The molecule has 178 valence electrons. The molecule has 0 spiro atoms. The number of quaternary nitrogens is 1. The van der Waals surface area contributed by atoms with E-state index in [1.54, 1.807) is 60.7 Å². The van der Waals surface area contributed by atoms with Crippen molar-refractivity contribution in [3.05, 3.63) is 90.1 Å². The highest BCUT2D eigenvalue weighted by molar-refractivity contribution is 6.23. The normalized spacial score (nSPS) is 17.1. The molecule has 1 heterocycles. The molecular formula is C27H25N2O6+. The van der Waals surface area contributed by atoms with E-state index >= 15 is 0 Å². The van der Waals surface area contributed by atoms with Gasteiger partial charge in [0.25, 0.3) is 0 Å². The minimum Gasteiger partial charge on any atom is -0.504 e. The monoisotopic (exact) mass is 473 g/mol. The summed E-state index contributed by atoms with van der Waals surface area (Å²) < 4.78 is 15.2. The zero-order valence-corrected chi connectivity index (χ0v) is 19.5. The standard InChI is InChI=1S/C27H24N2O6/c1-33-23-13-11-19(16-25(23)35-3)21-17-28-27(32)29(21,20-7-5-4-6-8-20)26(31)14-10-18-9-12-22(30)24(15-18)34-2/h4-17H,1-3H3,(H-,28,30,31,32)/p+1. The van der Waals surface area contributed by atoms with Gasteiger partial charge in [-0.3, -0.25) is 5.32 Å². The smallest absolute Gasteiger partial charge is 0.438 e. The number of nitrogens with one attached hydrogen (secondary N) is 1. The number of phenolic OH excluding ortho intramolecular Hbond substituents is 1. The van der Waals surface area contributed by atoms with E-state index < -0.39 is 16.4 Å². The second-order valence-corrected chi connectivity index (χ2v) is 7.66. The van der Waals surface area contributed by atoms with Gasteiger partial charge in [-0.2, -0.15) is 0 Å². The van der Waals surface area contributed by atoms with E-state index in [9.17, 15) is 14.7 Å². The van der Waals surface area contributed by atoms with Crippen LogP contribution >= 0.6 is 0 Å². The van der Waals surface area contributed by atoms with Gasteiger partial charge in [0.05, 0.1) is 27.5 Å². The number of nitrogens with zero attached hydrogens (tertiary/aromatic N) is 1. The molecule has 0 aromatic heterocycles. The van der Waals surface area contributed by atoms with Crippen molar-refractivity contribution < 1.29 is 28.9 Å². The third kappa shape index (κ3) is 4.11. The van der Waals surface area contributed by atoms with Crippen LogP contribution in [0.15, 0.2) is 79.0 Å². The fourth-order valence-electron chi connectivity index (χ4n) is 4.04. The number of hydrogen-bond donors (Lipinski definition) is 2. The van der Waals surface area contributed by atoms with Crippen LogP contribution in [-0.2, 0) is 4.79 Å². The molecule has 0 saturated carbocycles. The topological polar surface area (TPSA) is 94.1 Å². The van der Waals surface area contributed by atoms with Gasteiger partial charge < -0.3 is 19.3 Å². The number of carbonyl (C=O) groups is 2. The van der Waals surface area contributed by atoms with E-state index in [4.69, 9.17) is 14.2 Å². The first-order chi connectivity index (χ1) is 16.9. The van der Waals surface area contributed by atoms with Crippen LogP contribution in [0.5, 0.6) is 23.0 Å². The number of carbonyl (C=O) groups excluding carboxylic acids is 2. The van der Waals surface area contributed by atoms with E-state index in [2.05, 4.69) is 5.32 Å². The molecule has 4 rings (SSSR count). The summed E-state index contributed by atoms with van der Waals surface area (Å²) in [7, 11) is 4.50. The van der Waals surface area contributed by atoms with Crippen LogP contribution in [0.3, 0.4) is 0 Å². The molecule has 0 aliphatic carbocycles. The summed E-state index contributed by atoms with van der Waals surface area (Å²) in [5.74, 6) is 0.770. The van der Waals surface area contributed by atoms with Crippen LogP contribution in [-0.4, -0.2) is 38.4 Å². The van der Waals surface area contributed by atoms with Crippen LogP contribution in [0.2, 0.25) is 0 Å². The molecule has 8 nitrogen and oxygen atoms in total. The number of urea groups is 1. The van der Waals surface area contributed by atoms with Crippen LogP contribution in [0.1, 0.15) is 11.1 Å². The second-order valence-electron chi connectivity index (χ2n) is 7.66. The van der Waals surface area contributed by atoms with Gasteiger partial charge in [-0.1, -0.05) is 24.3 Å². The van der Waals surface area contributed by atoms with Crippen molar-refractivity contribution in [1.29, 1.82) is 0 Å². The molecule has 1 unspecified atom stereocenters. The molecule has 8 heteroatoms. The van der Waals surface area contributed by atoms with E-state index in [1.165, 1.54) is 39.7 Å². The number of rotatable bonds is 7. The molecule has 3 aromatic rings. The fourth-order valence-corrected chi connectivity index (χ4v) is 4.04. The highest BCUT2D eigenvalue weighted by Crippen LogP contribution is 2.41. The van der Waals surface area contributed by atoms with Gasteiger partial charge >= 0.3 is 11.9 Å². The summed E-state index contributed by atoms with van der Waals surface area (Å²) in [6.45, 7) is 0. The average Bonchev–Trinajstić information content (AvgIpc) is 3.25. The number of aromatic hydroxyl groups is 1. The lowest BCUT2D eigenvalue weighted by atomic mass is 10.1. The number of amides is 3. The molecule has 0 bridgehead atoms. The van der Waals surface area contributed by atoms with E-state index in [1.807, 2.05) is 6.07 Å². The Morgan fingerprint density at radius 1 is 0.886 bits per heavy atom. The summed E-state index contributed by atoms with van der Waals surface area (Å²) in [5, 5.41) is 12.6. The van der Waals surface area contributed by atoms with Crippen molar-refractivity contribution in [1.82, 2.24) is 9.80 Å². The molecule has 0 saturated heterocycles. The van der Waals surface area contributed by atoms with E-state index in [0.29, 0.717) is 34.0 Å². The summed E-state index contributed by atoms with van der Waals surface area (Å²) in [4.78, 5) is 27.3. The molecule has 1 atom stereocenters. The molecule has 35 heavy (non-hydrogen) atoms. The van der Waals surface area contributed by atoms with Crippen molar-refractivity contribution >= 4 is 29.4 Å². The molecule has 3 aromatic carbocycles. The van der Waals surface area contributed by atoms with Crippen molar-refractivity contribution in [2.24, 2.45) is 0 Å². The molecule has 2 N–H and O–H groups in total. The summed E-state index contributed by atoms with van der Waals surface area (Å²) in [5.41, 5.74) is 2.13. The molecule has 0 fully saturated rings. The lowest BCUT2D eigenvalue weighted by molar-refractivity contribution is -0.120. The molecular weight excluding hydrogens is 448 g/mol. The molecule has 1 aliphatic rings. The summed E-state index contributed by atoms with van der Waals surface area (Å²) in [6, 6.07) is 18.2. The SMILES string of the molecule is COc1cc(C=CC(=O)[N+]2(c3ccccc3)C(=O)NC=C2c2ccc(OC)c(OC)c2)ccc1O. The van der Waals surface area contributed by atoms with Crippen LogP contribution in [0.4, 0.5) is 10.5 Å². The number of phenols is 1. The van der Waals surface area contributed by atoms with Crippen molar-refractivity contribution in [3.8, 4) is 23.0 Å². The Morgan fingerprint density at radius 3 is 2.29 bits per heavy atom. The summed E-state index contributed by atoms with van der Waals surface area (Å²) in [6.07, 6.45) is 4.45. The fraction of sp³-hybridized carbons (Fsp3) is 0.111. The maximum atomic E-state index is 13.9. The van der Waals surface area contributed by atoms with E-state index in [0.717, 1.165) is 0 Å². The lowest BCUT2D eigenvalue weighted by Gasteiger charge is -2.28. The number of hydrogen-bond acceptors (Lipinski definition) is 6. The number of methoxy groups -OCH3 is 3. The predicted octanol–water partition coefficient (Wildman–Crippen LogP) is 4.69. The van der Waals surface area contributed by atoms with Crippen LogP contribution in [0, 0.1) is 0 Å². The molecule has 0 radical (unpaired) electrons. The highest BCUT2D eigenvalue weighted by atomic mass is 16.5. The molecule has 3 amide bonds. The Balaban J connectivity index is 1.84. The Hall–Kier alpha value is -4.56. The van der Waals surface area contributed by atoms with Gasteiger partial charge in [0.2, 0.25) is 0 Å². The van der Waals surface area contributed by atoms with Crippen molar-refractivity contribution in [3.63, 3.8) is 0 Å². The molecule has 1 aliphatic heterocycles. The second kappa shape index (κ2) is 9.74. The first-order valence-electron chi connectivity index (χ1n) is 10.7. The Morgan fingerprint density at radius 2 is 1.60 bits per heavy atom. The zero-order chi connectivity index (χ0) is 25.0. The van der Waals surface area contributed by atoms with Gasteiger partial charge in [-0.15, -0.1) is 4.48 Å². The Labute approximate surface area is 202 Å². The largest absolute Gasteiger partial charge is 0.504 e. The minimum atomic E-state index is -0.706. The lowest BCUT2D eigenvalue weighted by Crippen LogP contribution is -2.55. The van der Waals surface area contributed by atoms with Gasteiger partial charge in [-0.05, 0) is 42.0 Å². The predicted molar refractivity (Wildman–Crippen MR) is 133 cm³/mol. The van der Waals surface area contributed by atoms with Gasteiger partial charge in [0.1, 0.15) is 0 Å². The van der Waals surface area contributed by atoms with Gasteiger partial charge in [-0.25, -0.2) is 9.59 Å². The third-order valence-electron chi connectivity index (χ3n) is 5.77. The van der Waals surface area contributed by atoms with Crippen molar-refractivity contribution in [2.45, 2.75) is 0 Å². The van der Waals surface area contributed by atoms with Gasteiger partial charge in [0.15, 0.2) is 34.4 Å². The minimum absolute atomic E-state index is 0.0126. The first kappa shape index (κ1) is 23.6. The maximum Gasteiger partial charge on any atom is 0.438 e. The van der Waals surface area contributed by atoms with Crippen LogP contribution < -0.4 is 24.0 Å². The third-order valence-corrected chi connectivity index (χ3v) is 5.77. The van der Waals surface area contributed by atoms with Gasteiger partial charge in [0, 0.05) is 23.8 Å². The number of imide groups is 1. The quantitative estimate of drug-likeness (QED) is 0.382. The Kier molecular flexibility index (Phi) is 6.57. The average molecular weight is 474 g/mol. The zero-order valence-electron chi connectivity index (χ0n) is 19.5. The van der Waals surface area contributed by atoms with E-state index in [-0.39, 0.29) is 11.5 Å². The maximum absolute atomic E-state index is 13.9. The first-order valence-corrected chi connectivity index (χ1v) is 10.7. The Bertz CT molecular complexity index is 1330. The summed E-state index contributed by atoms with van der Waals surface area (Å²) >= 11 is 0. The number of benzene rings is 3. The highest BCUT2D eigenvalue weighted by Gasteiger charge is 2.54. The number of para-hydroxylation sites is 1. The number of ether oxygens (including phenoxy) is 3. The van der Waals surface area contributed by atoms with Crippen molar-refractivity contribution in [2.75, 3.05) is 21.3 Å².